The minimum Gasteiger partial charge on any atom is -0.478 e. The third-order valence-electron chi connectivity index (χ3n) is 4.88. The van der Waals surface area contributed by atoms with E-state index in [0.29, 0.717) is 12.7 Å². The van der Waals surface area contributed by atoms with Crippen molar-refractivity contribution in [1.29, 1.82) is 0 Å². The Hall–Kier alpha value is -1.89. The Morgan fingerprint density at radius 2 is 1.66 bits per heavy atom. The van der Waals surface area contributed by atoms with Gasteiger partial charge in [-0.15, -0.1) is 0 Å². The summed E-state index contributed by atoms with van der Waals surface area (Å²) in [6.07, 6.45) is 12.2. The van der Waals surface area contributed by atoms with Crippen LogP contribution in [0.15, 0.2) is 12.2 Å². The molecule has 0 spiro atoms. The number of hydrogen-bond acceptors (Lipinski definition) is 6. The van der Waals surface area contributed by atoms with Crippen molar-refractivity contribution >= 4 is 17.9 Å². The van der Waals surface area contributed by atoms with Gasteiger partial charge in [0.1, 0.15) is 6.10 Å². The number of hydrogen-bond donors (Lipinski definition) is 1. The summed E-state index contributed by atoms with van der Waals surface area (Å²) < 4.78 is 16.2. The van der Waals surface area contributed by atoms with Crippen LogP contribution < -0.4 is 0 Å². The molecule has 1 saturated carbocycles. The highest BCUT2D eigenvalue weighted by Gasteiger charge is 2.27. The number of carbonyl (C=O) groups excluding carboxylic acids is 2. The molecule has 0 aliphatic heterocycles. The molecule has 0 saturated heterocycles. The van der Waals surface area contributed by atoms with E-state index < -0.39 is 24.0 Å². The first-order valence-electron chi connectivity index (χ1n) is 10.9. The molecule has 0 aromatic rings. The molecular formula is C22H36O7. The quantitative estimate of drug-likeness (QED) is 0.245. The number of unbranched alkanes of at least 4 members (excludes halogenated alkanes) is 5. The maximum atomic E-state index is 12.5. The number of carboxylic acids is 1. The third kappa shape index (κ3) is 13.0. The van der Waals surface area contributed by atoms with E-state index in [1.807, 2.05) is 0 Å². The van der Waals surface area contributed by atoms with Crippen molar-refractivity contribution in [2.45, 2.75) is 96.2 Å². The van der Waals surface area contributed by atoms with Gasteiger partial charge in [0.2, 0.25) is 6.10 Å². The normalized spacial score (nSPS) is 15.9. The van der Waals surface area contributed by atoms with Gasteiger partial charge in [-0.25, -0.2) is 14.4 Å². The minimum absolute atomic E-state index is 0.143. The molecule has 1 rings (SSSR count). The van der Waals surface area contributed by atoms with Gasteiger partial charge in [0.15, 0.2) is 0 Å². The lowest BCUT2D eigenvalue weighted by Crippen LogP contribution is -2.33. The molecule has 7 heteroatoms. The number of carbonyl (C=O) groups is 3. The average molecular weight is 413 g/mol. The van der Waals surface area contributed by atoms with E-state index in [0.717, 1.165) is 51.0 Å². The molecule has 0 bridgehead atoms. The molecule has 0 heterocycles. The van der Waals surface area contributed by atoms with Crippen molar-refractivity contribution in [3.05, 3.63) is 12.2 Å². The molecule has 29 heavy (non-hydrogen) atoms. The minimum atomic E-state index is -1.26. The Morgan fingerprint density at radius 1 is 0.966 bits per heavy atom. The summed E-state index contributed by atoms with van der Waals surface area (Å²) in [6, 6.07) is 0. The summed E-state index contributed by atoms with van der Waals surface area (Å²) >= 11 is 0. The van der Waals surface area contributed by atoms with E-state index in [1.165, 1.54) is 25.7 Å². The van der Waals surface area contributed by atoms with E-state index >= 15 is 0 Å². The first-order chi connectivity index (χ1) is 14.0. The Bertz CT molecular complexity index is 509. The number of esters is 2. The molecule has 0 radical (unpaired) electrons. The molecule has 0 aromatic heterocycles. The highest BCUT2D eigenvalue weighted by molar-refractivity contribution is 5.92. The van der Waals surface area contributed by atoms with Crippen molar-refractivity contribution in [2.24, 2.45) is 0 Å². The Morgan fingerprint density at radius 3 is 2.34 bits per heavy atom. The standard InChI is InChI=1S/C22H36O7/c1-2-3-4-5-6-10-16-27-17-15-19(29-21(25)14-13-20(23)24)22(26)28-18-11-8-7-9-12-18/h13-14,18-19H,2-12,15-17H2,1H3,(H,23,24)/b14-13+. The Labute approximate surface area is 173 Å². The maximum absolute atomic E-state index is 12.5. The van der Waals surface area contributed by atoms with Crippen molar-refractivity contribution < 1.29 is 33.7 Å². The monoisotopic (exact) mass is 412 g/mol. The lowest BCUT2D eigenvalue weighted by Gasteiger charge is -2.24. The zero-order chi connectivity index (χ0) is 21.3. The fraction of sp³-hybridized carbons (Fsp3) is 0.773. The fourth-order valence-corrected chi connectivity index (χ4v) is 3.24. The first-order valence-corrected chi connectivity index (χ1v) is 10.9. The van der Waals surface area contributed by atoms with Crippen LogP contribution in [0.4, 0.5) is 0 Å². The smallest absolute Gasteiger partial charge is 0.347 e. The SMILES string of the molecule is CCCCCCCCOCCC(OC(=O)/C=C/C(=O)O)C(=O)OC1CCCCC1. The molecule has 7 nitrogen and oxygen atoms in total. The fourth-order valence-electron chi connectivity index (χ4n) is 3.24. The van der Waals surface area contributed by atoms with E-state index in [1.54, 1.807) is 0 Å². The second kappa shape index (κ2) is 16.0. The summed E-state index contributed by atoms with van der Waals surface area (Å²) in [6.45, 7) is 3.06. The topological polar surface area (TPSA) is 99.1 Å². The molecular weight excluding hydrogens is 376 g/mol. The van der Waals surface area contributed by atoms with Gasteiger partial charge < -0.3 is 19.3 Å². The molecule has 0 amide bonds. The van der Waals surface area contributed by atoms with Gasteiger partial charge >= 0.3 is 17.9 Å². The zero-order valence-corrected chi connectivity index (χ0v) is 17.6. The van der Waals surface area contributed by atoms with E-state index in [-0.39, 0.29) is 19.1 Å². The second-order valence-electron chi connectivity index (χ2n) is 7.46. The first kappa shape index (κ1) is 25.1. The van der Waals surface area contributed by atoms with Crippen LogP contribution in [0.5, 0.6) is 0 Å². The van der Waals surface area contributed by atoms with Crippen LogP contribution >= 0.6 is 0 Å². The van der Waals surface area contributed by atoms with Crippen molar-refractivity contribution in [3.63, 3.8) is 0 Å². The van der Waals surface area contributed by atoms with Crippen LogP contribution in [0.2, 0.25) is 0 Å². The van der Waals surface area contributed by atoms with Gasteiger partial charge in [-0.05, 0) is 32.1 Å². The van der Waals surface area contributed by atoms with Gasteiger partial charge in [0, 0.05) is 25.2 Å². The summed E-state index contributed by atoms with van der Waals surface area (Å²) in [4.78, 5) is 34.8. The molecule has 0 aromatic carbocycles. The highest BCUT2D eigenvalue weighted by atomic mass is 16.6. The van der Waals surface area contributed by atoms with Crippen LogP contribution in [0.1, 0.15) is 84.0 Å². The van der Waals surface area contributed by atoms with E-state index in [2.05, 4.69) is 6.92 Å². The largest absolute Gasteiger partial charge is 0.478 e. The summed E-state index contributed by atoms with van der Waals surface area (Å²) in [5.74, 6) is -2.73. The second-order valence-corrected chi connectivity index (χ2v) is 7.46. The predicted octanol–water partition coefficient (Wildman–Crippen LogP) is 4.18. The average Bonchev–Trinajstić information content (AvgIpc) is 2.70. The highest BCUT2D eigenvalue weighted by Crippen LogP contribution is 2.21. The lowest BCUT2D eigenvalue weighted by molar-refractivity contribution is -0.171. The maximum Gasteiger partial charge on any atom is 0.347 e. The van der Waals surface area contributed by atoms with Crippen LogP contribution in [0.25, 0.3) is 0 Å². The van der Waals surface area contributed by atoms with Crippen LogP contribution in [-0.2, 0) is 28.6 Å². The molecule has 1 N–H and O–H groups in total. The molecule has 1 aliphatic carbocycles. The summed E-state index contributed by atoms with van der Waals surface area (Å²) in [7, 11) is 0. The number of rotatable bonds is 15. The van der Waals surface area contributed by atoms with Gasteiger partial charge in [0.25, 0.3) is 0 Å². The van der Waals surface area contributed by atoms with Crippen LogP contribution in [0, 0.1) is 0 Å². The Kier molecular flexibility index (Phi) is 13.8. The van der Waals surface area contributed by atoms with Crippen molar-refractivity contribution in [2.75, 3.05) is 13.2 Å². The summed E-state index contributed by atoms with van der Waals surface area (Å²) in [5, 5.41) is 8.61. The van der Waals surface area contributed by atoms with Crippen LogP contribution in [0.3, 0.4) is 0 Å². The molecule has 1 aliphatic rings. The van der Waals surface area contributed by atoms with Crippen molar-refractivity contribution in [1.82, 2.24) is 0 Å². The van der Waals surface area contributed by atoms with Gasteiger partial charge in [0.05, 0.1) is 6.61 Å². The van der Waals surface area contributed by atoms with Gasteiger partial charge in [-0.2, -0.15) is 0 Å². The summed E-state index contributed by atoms with van der Waals surface area (Å²) in [5.41, 5.74) is 0. The number of carboxylic acid groups (broad SMARTS) is 1. The number of aliphatic carboxylic acids is 1. The Balaban J connectivity index is 2.39. The third-order valence-corrected chi connectivity index (χ3v) is 4.88. The predicted molar refractivity (Wildman–Crippen MR) is 108 cm³/mol. The molecule has 1 unspecified atom stereocenters. The van der Waals surface area contributed by atoms with Crippen LogP contribution in [-0.4, -0.2) is 48.4 Å². The molecule has 1 fully saturated rings. The van der Waals surface area contributed by atoms with Gasteiger partial charge in [-0.3, -0.25) is 0 Å². The lowest BCUT2D eigenvalue weighted by atomic mass is 9.98. The molecule has 1 atom stereocenters. The van der Waals surface area contributed by atoms with E-state index in [4.69, 9.17) is 19.3 Å². The van der Waals surface area contributed by atoms with Crippen molar-refractivity contribution in [3.8, 4) is 0 Å². The zero-order valence-electron chi connectivity index (χ0n) is 17.6. The van der Waals surface area contributed by atoms with E-state index in [9.17, 15) is 14.4 Å². The van der Waals surface area contributed by atoms with Gasteiger partial charge in [-0.1, -0.05) is 45.4 Å². The molecule has 166 valence electrons. The number of ether oxygens (including phenoxy) is 3.